The maximum atomic E-state index is 11.1. The van der Waals surface area contributed by atoms with E-state index in [0.29, 0.717) is 0 Å². The Labute approximate surface area is 106 Å². The summed E-state index contributed by atoms with van der Waals surface area (Å²) in [6.45, 7) is 1.96. The number of hydrogen-bond donors (Lipinski definition) is 2. The fraction of sp³-hybridized carbons (Fsp3) is 0.556. The molecule has 8 nitrogen and oxygen atoms in total. The van der Waals surface area contributed by atoms with E-state index in [2.05, 4.69) is 10.1 Å². The van der Waals surface area contributed by atoms with Crippen LogP contribution in [0.4, 0.5) is 0 Å². The normalized spacial score (nSPS) is 12.3. The van der Waals surface area contributed by atoms with Crippen LogP contribution in [0.1, 0.15) is 6.92 Å². The van der Waals surface area contributed by atoms with Crippen molar-refractivity contribution >= 4 is 17.7 Å². The Morgan fingerprint density at radius 1 is 1.61 bits per heavy atom. The summed E-state index contributed by atoms with van der Waals surface area (Å²) in [5, 5.41) is 11.4. The van der Waals surface area contributed by atoms with Crippen molar-refractivity contribution in [2.45, 2.75) is 18.2 Å². The molecule has 1 aromatic rings. The summed E-state index contributed by atoms with van der Waals surface area (Å²) in [5.41, 5.74) is -1.72. The van der Waals surface area contributed by atoms with Gasteiger partial charge in [0.2, 0.25) is 0 Å². The van der Waals surface area contributed by atoms with Crippen LogP contribution in [0.2, 0.25) is 0 Å². The predicted octanol–water partition coefficient (Wildman–Crippen LogP) is -0.950. The summed E-state index contributed by atoms with van der Waals surface area (Å²) < 4.78 is 6.27. The number of carboxylic acid groups (broad SMARTS) is 1. The predicted molar refractivity (Wildman–Crippen MR) is 63.9 cm³/mol. The quantitative estimate of drug-likeness (QED) is 0.508. The first-order valence-electron chi connectivity index (χ1n) is 5.10. The van der Waals surface area contributed by atoms with Crippen LogP contribution in [-0.4, -0.2) is 44.3 Å². The largest absolute Gasteiger partial charge is 0.479 e. The van der Waals surface area contributed by atoms with E-state index in [1.54, 1.807) is 6.92 Å². The maximum absolute atomic E-state index is 11.1. The number of ether oxygens (including phenoxy) is 1. The monoisotopic (exact) mass is 275 g/mol. The van der Waals surface area contributed by atoms with Gasteiger partial charge < -0.3 is 9.84 Å². The number of nitrogens with one attached hydrogen (secondary N) is 1. The molecule has 0 aliphatic carbocycles. The van der Waals surface area contributed by atoms with Gasteiger partial charge >= 0.3 is 17.1 Å². The molecule has 0 fully saturated rings. The molecule has 0 aliphatic heterocycles. The zero-order valence-electron chi connectivity index (χ0n) is 9.87. The summed E-state index contributed by atoms with van der Waals surface area (Å²) in [5.74, 6) is -0.992. The Bertz CT molecular complexity index is 538. The van der Waals surface area contributed by atoms with E-state index in [1.807, 2.05) is 0 Å². The highest BCUT2D eigenvalue weighted by molar-refractivity contribution is 7.99. The molecule has 100 valence electrons. The molecule has 0 amide bonds. The minimum absolute atomic E-state index is 0.0928. The zero-order chi connectivity index (χ0) is 13.7. The highest BCUT2D eigenvalue weighted by Gasteiger charge is 2.18. The lowest BCUT2D eigenvalue weighted by Crippen LogP contribution is -2.34. The number of aromatic nitrogens is 3. The summed E-state index contributed by atoms with van der Waals surface area (Å²) in [6, 6.07) is 0. The van der Waals surface area contributed by atoms with Gasteiger partial charge in [0.15, 0.2) is 11.3 Å². The maximum Gasteiger partial charge on any atom is 0.339 e. The van der Waals surface area contributed by atoms with Gasteiger partial charge in [-0.15, -0.1) is 0 Å². The van der Waals surface area contributed by atoms with Gasteiger partial charge in [0.05, 0.1) is 0 Å². The van der Waals surface area contributed by atoms with Crippen molar-refractivity contribution in [3.8, 4) is 0 Å². The van der Waals surface area contributed by atoms with Crippen molar-refractivity contribution in [3.63, 3.8) is 0 Å². The third-order valence-corrected chi connectivity index (χ3v) is 3.05. The highest BCUT2D eigenvalue weighted by Crippen LogP contribution is 2.14. The Morgan fingerprint density at radius 2 is 2.28 bits per heavy atom. The van der Waals surface area contributed by atoms with Crippen molar-refractivity contribution in [1.82, 2.24) is 14.8 Å². The van der Waals surface area contributed by atoms with Crippen LogP contribution in [0.3, 0.4) is 0 Å². The van der Waals surface area contributed by atoms with Crippen molar-refractivity contribution in [3.05, 3.63) is 20.7 Å². The lowest BCUT2D eigenvalue weighted by molar-refractivity contribution is -0.148. The number of rotatable bonds is 6. The third kappa shape index (κ3) is 3.70. The second kappa shape index (κ2) is 6.36. The smallest absolute Gasteiger partial charge is 0.339 e. The molecular formula is C9H13N3O5S. The van der Waals surface area contributed by atoms with E-state index in [9.17, 15) is 14.4 Å². The number of aromatic amines is 1. The van der Waals surface area contributed by atoms with Crippen LogP contribution in [-0.2, 0) is 16.6 Å². The van der Waals surface area contributed by atoms with Crippen molar-refractivity contribution in [2.75, 3.05) is 12.4 Å². The van der Waals surface area contributed by atoms with E-state index in [-0.39, 0.29) is 17.5 Å². The summed E-state index contributed by atoms with van der Waals surface area (Å²) >= 11 is 1.02. The number of carboxylic acids is 1. The number of hydrogen-bond acceptors (Lipinski definition) is 6. The Balaban J connectivity index is 2.79. The number of nitrogens with zero attached hydrogens (tertiary/aromatic N) is 2. The van der Waals surface area contributed by atoms with Gasteiger partial charge in [-0.1, -0.05) is 11.8 Å². The van der Waals surface area contributed by atoms with Crippen LogP contribution >= 0.6 is 11.8 Å². The van der Waals surface area contributed by atoms with Gasteiger partial charge in [-0.25, -0.2) is 4.79 Å². The number of aliphatic carboxylic acids is 1. The first-order valence-corrected chi connectivity index (χ1v) is 6.08. The Morgan fingerprint density at radius 3 is 2.83 bits per heavy atom. The molecule has 1 heterocycles. The number of aryl methyl sites for hydroxylation is 1. The Kier molecular flexibility index (Phi) is 5.10. The number of thioether (sulfide) groups is 1. The first-order chi connectivity index (χ1) is 8.45. The van der Waals surface area contributed by atoms with Crippen LogP contribution in [0, 0.1) is 0 Å². The van der Waals surface area contributed by atoms with Crippen LogP contribution < -0.4 is 11.1 Å². The minimum atomic E-state index is -1.08. The van der Waals surface area contributed by atoms with E-state index >= 15 is 0 Å². The molecule has 0 spiro atoms. The van der Waals surface area contributed by atoms with Crippen LogP contribution in [0.5, 0.6) is 0 Å². The van der Waals surface area contributed by atoms with Crippen molar-refractivity contribution < 1.29 is 14.6 Å². The molecule has 0 aliphatic rings. The van der Waals surface area contributed by atoms with E-state index in [1.165, 1.54) is 11.7 Å². The molecular weight excluding hydrogens is 262 g/mol. The van der Waals surface area contributed by atoms with E-state index in [0.717, 1.165) is 11.8 Å². The fourth-order valence-corrected chi connectivity index (χ4v) is 2.06. The van der Waals surface area contributed by atoms with Gasteiger partial charge in [-0.2, -0.15) is 4.98 Å². The molecule has 0 radical (unpaired) electrons. The third-order valence-electron chi connectivity index (χ3n) is 1.95. The van der Waals surface area contributed by atoms with Gasteiger partial charge in [0.1, 0.15) is 0 Å². The Hall–Kier alpha value is -1.61. The average molecular weight is 275 g/mol. The molecule has 1 unspecified atom stereocenters. The molecule has 1 rings (SSSR count). The van der Waals surface area contributed by atoms with Crippen molar-refractivity contribution in [2.24, 2.45) is 7.05 Å². The number of carbonyl (C=O) groups is 1. The standard InChI is InChI=1S/C9H13N3O5S/c1-3-17-5(8(15)16)4-18-9-10-6(13)7(14)11-12(9)2/h5H,3-4H2,1-2H3,(H,11,14)(H,15,16). The zero-order valence-corrected chi connectivity index (χ0v) is 10.7. The van der Waals surface area contributed by atoms with Gasteiger partial charge in [-0.05, 0) is 6.92 Å². The second-order valence-electron chi connectivity index (χ2n) is 3.29. The number of H-pyrrole nitrogens is 1. The molecule has 0 saturated carbocycles. The molecule has 0 saturated heterocycles. The van der Waals surface area contributed by atoms with Crippen LogP contribution in [0.15, 0.2) is 14.7 Å². The summed E-state index contributed by atoms with van der Waals surface area (Å²) in [4.78, 5) is 36.4. The van der Waals surface area contributed by atoms with E-state index < -0.39 is 23.2 Å². The lowest BCUT2D eigenvalue weighted by Gasteiger charge is -2.12. The van der Waals surface area contributed by atoms with Gasteiger partial charge in [0.25, 0.3) is 0 Å². The summed E-state index contributed by atoms with van der Waals surface area (Å²) in [6.07, 6.45) is -0.983. The highest BCUT2D eigenvalue weighted by atomic mass is 32.2. The molecule has 18 heavy (non-hydrogen) atoms. The van der Waals surface area contributed by atoms with Crippen LogP contribution in [0.25, 0.3) is 0 Å². The summed E-state index contributed by atoms with van der Waals surface area (Å²) in [7, 11) is 1.51. The molecule has 9 heteroatoms. The fourth-order valence-electron chi connectivity index (χ4n) is 1.13. The second-order valence-corrected chi connectivity index (χ2v) is 4.28. The first kappa shape index (κ1) is 14.5. The van der Waals surface area contributed by atoms with Crippen molar-refractivity contribution in [1.29, 1.82) is 0 Å². The SMILES string of the molecule is CCOC(CSc1nc(=O)c(=O)[nH]n1C)C(=O)O. The lowest BCUT2D eigenvalue weighted by atomic mass is 10.4. The molecule has 0 bridgehead atoms. The van der Waals surface area contributed by atoms with E-state index in [4.69, 9.17) is 9.84 Å². The minimum Gasteiger partial charge on any atom is -0.479 e. The molecule has 1 atom stereocenters. The molecule has 2 N–H and O–H groups in total. The molecule has 0 aromatic carbocycles. The average Bonchev–Trinajstić information content (AvgIpc) is 2.30. The van der Waals surface area contributed by atoms with Gasteiger partial charge in [-0.3, -0.25) is 19.4 Å². The topological polar surface area (TPSA) is 114 Å². The molecule has 1 aromatic heterocycles. The van der Waals surface area contributed by atoms with Gasteiger partial charge in [0, 0.05) is 19.4 Å².